The van der Waals surface area contributed by atoms with Crippen molar-refractivity contribution in [3.63, 3.8) is 0 Å². The Morgan fingerprint density at radius 1 is 1.14 bits per heavy atom. The maximum absolute atomic E-state index is 13.2. The summed E-state index contributed by atoms with van der Waals surface area (Å²) in [7, 11) is -3.18. The number of carbonyl (C=O) groups excluding carboxylic acids is 1. The van der Waals surface area contributed by atoms with E-state index in [1.165, 1.54) is 24.1 Å². The van der Waals surface area contributed by atoms with Gasteiger partial charge in [0.25, 0.3) is 0 Å². The number of alkyl halides is 3. The van der Waals surface area contributed by atoms with Crippen LogP contribution in [0.4, 0.5) is 13.2 Å². The van der Waals surface area contributed by atoms with Crippen molar-refractivity contribution >= 4 is 45.0 Å². The number of halogens is 5. The normalized spacial score (nSPS) is 14.1. The highest BCUT2D eigenvalue weighted by Gasteiger charge is 2.38. The lowest BCUT2D eigenvalue weighted by atomic mass is 10.1. The summed E-state index contributed by atoms with van der Waals surface area (Å²) in [6.45, 7) is -0.768. The molecule has 7 nitrogen and oxygen atoms in total. The number of hydrogen-bond acceptors (Lipinski definition) is 5. The number of rotatable bonds is 9. The summed E-state index contributed by atoms with van der Waals surface area (Å²) in [5.41, 5.74) is 1.71. The molecule has 1 aliphatic rings. The average molecular weight is 551 g/mol. The Hall–Kier alpha value is -2.34. The fraction of sp³-hybridized carbons (Fsp3) is 0.364. The topological polar surface area (TPSA) is 82.1 Å². The molecule has 0 atom stereocenters. The lowest BCUT2D eigenvalue weighted by Crippen LogP contribution is -2.41. The standard InChI is InChI=1S/C22H23Cl2F3N4O3S/c1-30(13-15-5-7-16(8-6-15)21-28-10-11-29-21)19(32)9-12-31(14-22(25,26)27)35(33,34)18-4-2-3-17(23)20(18)24/h2-8H,9-14H2,1H3,(H,28,29). The first kappa shape index (κ1) is 27.3. The van der Waals surface area contributed by atoms with E-state index in [1.54, 1.807) is 0 Å². The molecule has 0 aliphatic carbocycles. The van der Waals surface area contributed by atoms with Crippen LogP contribution in [0.15, 0.2) is 52.4 Å². The molecule has 0 aromatic heterocycles. The molecule has 3 rings (SSSR count). The second-order valence-corrected chi connectivity index (χ2v) is 10.6. The van der Waals surface area contributed by atoms with Crippen LogP contribution < -0.4 is 5.32 Å². The van der Waals surface area contributed by atoms with Crippen LogP contribution in [0.2, 0.25) is 10.0 Å². The molecule has 2 aromatic rings. The summed E-state index contributed by atoms with van der Waals surface area (Å²) >= 11 is 11.8. The van der Waals surface area contributed by atoms with E-state index in [0.717, 1.165) is 29.6 Å². The first-order valence-corrected chi connectivity index (χ1v) is 12.7. The quantitative estimate of drug-likeness (QED) is 0.512. The number of aliphatic imine (C=N–C) groups is 1. The molecule has 13 heteroatoms. The van der Waals surface area contributed by atoms with E-state index in [9.17, 15) is 26.4 Å². The lowest BCUT2D eigenvalue weighted by Gasteiger charge is -2.25. The van der Waals surface area contributed by atoms with Crippen molar-refractivity contribution in [2.75, 3.05) is 33.2 Å². The molecule has 0 fully saturated rings. The van der Waals surface area contributed by atoms with Crippen molar-refractivity contribution in [1.82, 2.24) is 14.5 Å². The molecule has 0 saturated heterocycles. The highest BCUT2D eigenvalue weighted by Crippen LogP contribution is 2.32. The van der Waals surface area contributed by atoms with Gasteiger partial charge in [-0.2, -0.15) is 17.5 Å². The van der Waals surface area contributed by atoms with E-state index in [1.807, 2.05) is 24.3 Å². The van der Waals surface area contributed by atoms with E-state index in [2.05, 4.69) is 10.3 Å². The van der Waals surface area contributed by atoms with Crippen LogP contribution in [-0.2, 0) is 21.4 Å². The Morgan fingerprint density at radius 3 is 2.43 bits per heavy atom. The van der Waals surface area contributed by atoms with Gasteiger partial charge in [-0.3, -0.25) is 9.79 Å². The van der Waals surface area contributed by atoms with Crippen LogP contribution in [0.25, 0.3) is 0 Å². The molecule has 0 radical (unpaired) electrons. The smallest absolute Gasteiger partial charge is 0.368 e. The molecular weight excluding hydrogens is 528 g/mol. The zero-order valence-corrected chi connectivity index (χ0v) is 21.0. The van der Waals surface area contributed by atoms with Gasteiger partial charge in [0.2, 0.25) is 15.9 Å². The number of amides is 1. The second kappa shape index (κ2) is 11.2. The van der Waals surface area contributed by atoms with Crippen LogP contribution >= 0.6 is 23.2 Å². The largest absolute Gasteiger partial charge is 0.402 e. The van der Waals surface area contributed by atoms with Crippen molar-refractivity contribution in [3.05, 3.63) is 63.6 Å². The molecule has 1 amide bonds. The molecule has 1 N–H and O–H groups in total. The Morgan fingerprint density at radius 2 is 1.83 bits per heavy atom. The Labute approximate surface area is 211 Å². The maximum Gasteiger partial charge on any atom is 0.402 e. The minimum absolute atomic E-state index is 0.114. The fourth-order valence-corrected chi connectivity index (χ4v) is 5.60. The minimum Gasteiger partial charge on any atom is -0.368 e. The Kier molecular flexibility index (Phi) is 8.68. The molecule has 2 aromatic carbocycles. The van der Waals surface area contributed by atoms with E-state index >= 15 is 0 Å². The van der Waals surface area contributed by atoms with Crippen LogP contribution in [0.5, 0.6) is 0 Å². The number of benzene rings is 2. The van der Waals surface area contributed by atoms with Crippen molar-refractivity contribution in [3.8, 4) is 0 Å². The van der Waals surface area contributed by atoms with Crippen LogP contribution in [-0.4, -0.2) is 68.8 Å². The molecule has 190 valence electrons. The van der Waals surface area contributed by atoms with Gasteiger partial charge in [0.05, 0.1) is 16.6 Å². The van der Waals surface area contributed by atoms with Gasteiger partial charge in [0.15, 0.2) is 0 Å². The summed E-state index contributed by atoms with van der Waals surface area (Å²) in [4.78, 5) is 17.7. The van der Waals surface area contributed by atoms with Crippen LogP contribution in [0, 0.1) is 0 Å². The monoisotopic (exact) mass is 550 g/mol. The number of amidine groups is 1. The van der Waals surface area contributed by atoms with Crippen LogP contribution in [0.1, 0.15) is 17.5 Å². The van der Waals surface area contributed by atoms with Gasteiger partial charge in [-0.1, -0.05) is 53.5 Å². The Bertz CT molecular complexity index is 1210. The summed E-state index contributed by atoms with van der Waals surface area (Å²) in [6.07, 6.45) is -5.28. The average Bonchev–Trinajstić information content (AvgIpc) is 3.32. The molecule has 0 spiro atoms. The zero-order valence-electron chi connectivity index (χ0n) is 18.6. The first-order valence-electron chi connectivity index (χ1n) is 10.5. The highest BCUT2D eigenvalue weighted by molar-refractivity contribution is 7.89. The first-order chi connectivity index (χ1) is 16.4. The summed E-state index contributed by atoms with van der Waals surface area (Å²) in [5, 5.41) is 2.67. The minimum atomic E-state index is -4.83. The van der Waals surface area contributed by atoms with Gasteiger partial charge >= 0.3 is 6.18 Å². The molecule has 35 heavy (non-hydrogen) atoms. The number of nitrogens with zero attached hydrogens (tertiary/aromatic N) is 3. The molecule has 1 aliphatic heterocycles. The van der Waals surface area contributed by atoms with Crippen LogP contribution in [0.3, 0.4) is 0 Å². The van der Waals surface area contributed by atoms with Gasteiger partial charge in [-0.05, 0) is 17.7 Å². The van der Waals surface area contributed by atoms with Crippen molar-refractivity contribution < 1.29 is 26.4 Å². The number of hydrogen-bond donors (Lipinski definition) is 1. The zero-order chi connectivity index (χ0) is 25.8. The molecule has 0 saturated carbocycles. The third-order valence-corrected chi connectivity index (χ3v) is 8.03. The number of carbonyl (C=O) groups is 1. The lowest BCUT2D eigenvalue weighted by molar-refractivity contribution is -0.139. The number of sulfonamides is 1. The van der Waals surface area contributed by atoms with E-state index in [4.69, 9.17) is 23.2 Å². The molecule has 1 heterocycles. The summed E-state index contributed by atoms with van der Waals surface area (Å²) < 4.78 is 65.6. The third kappa shape index (κ3) is 7.09. The van der Waals surface area contributed by atoms with Crippen molar-refractivity contribution in [2.24, 2.45) is 4.99 Å². The van der Waals surface area contributed by atoms with Crippen molar-refractivity contribution in [2.45, 2.75) is 24.0 Å². The maximum atomic E-state index is 13.2. The molecule has 0 bridgehead atoms. The summed E-state index contributed by atoms with van der Waals surface area (Å²) in [6, 6.07) is 11.0. The van der Waals surface area contributed by atoms with Gasteiger partial charge in [-0.15, -0.1) is 0 Å². The van der Waals surface area contributed by atoms with Crippen molar-refractivity contribution in [1.29, 1.82) is 0 Å². The van der Waals surface area contributed by atoms with Gasteiger partial charge < -0.3 is 10.2 Å². The van der Waals surface area contributed by atoms with Gasteiger partial charge in [-0.25, -0.2) is 8.42 Å². The Balaban J connectivity index is 1.68. The molecule has 0 unspecified atom stereocenters. The third-order valence-electron chi connectivity index (χ3n) is 5.21. The number of nitrogens with one attached hydrogen (secondary N) is 1. The van der Waals surface area contributed by atoms with Gasteiger partial charge in [0, 0.05) is 38.7 Å². The predicted molar refractivity (Wildman–Crippen MR) is 128 cm³/mol. The molecular formula is C22H23Cl2F3N4O3S. The summed E-state index contributed by atoms with van der Waals surface area (Å²) in [5.74, 6) is 0.280. The predicted octanol–water partition coefficient (Wildman–Crippen LogP) is 3.94. The van der Waals surface area contributed by atoms with E-state index in [-0.39, 0.29) is 20.9 Å². The fourth-order valence-electron chi connectivity index (χ4n) is 3.44. The highest BCUT2D eigenvalue weighted by atomic mass is 35.5. The SMILES string of the molecule is CN(Cc1ccc(C2=NCCN2)cc1)C(=O)CCN(CC(F)(F)F)S(=O)(=O)c1cccc(Cl)c1Cl. The van der Waals surface area contributed by atoms with E-state index in [0.29, 0.717) is 6.54 Å². The van der Waals surface area contributed by atoms with Gasteiger partial charge in [0.1, 0.15) is 17.3 Å². The van der Waals surface area contributed by atoms with E-state index < -0.39 is 46.5 Å². The second-order valence-electron chi connectivity index (χ2n) is 7.86.